The van der Waals surface area contributed by atoms with Crippen molar-refractivity contribution in [2.45, 2.75) is 18.6 Å². The van der Waals surface area contributed by atoms with Crippen LogP contribution in [0.4, 0.5) is 0 Å². The van der Waals surface area contributed by atoms with E-state index in [0.717, 1.165) is 0 Å². The molecule has 2 unspecified atom stereocenters. The molecule has 1 aromatic rings. The largest absolute Gasteiger partial charge is 0.507 e. The minimum Gasteiger partial charge on any atom is -0.507 e. The van der Waals surface area contributed by atoms with Gasteiger partial charge in [-0.15, -0.1) is 0 Å². The topological polar surface area (TPSA) is 64.0 Å². The summed E-state index contributed by atoms with van der Waals surface area (Å²) in [6.45, 7) is 0.952. The van der Waals surface area contributed by atoms with Gasteiger partial charge in [0.1, 0.15) is 5.75 Å². The van der Waals surface area contributed by atoms with Crippen LogP contribution in [0, 0.1) is 0 Å². The Morgan fingerprint density at radius 1 is 1.50 bits per heavy atom. The van der Waals surface area contributed by atoms with E-state index in [1.54, 1.807) is 4.90 Å². The molecule has 0 spiro atoms. The van der Waals surface area contributed by atoms with Crippen LogP contribution in [0.5, 0.6) is 5.75 Å². The van der Waals surface area contributed by atoms with Gasteiger partial charge in [0.05, 0.1) is 11.7 Å². The van der Waals surface area contributed by atoms with Gasteiger partial charge in [-0.05, 0) is 38.7 Å². The van der Waals surface area contributed by atoms with Crippen LogP contribution in [0.1, 0.15) is 16.8 Å². The van der Waals surface area contributed by atoms with Crippen LogP contribution in [0.25, 0.3) is 0 Å². The van der Waals surface area contributed by atoms with E-state index in [-0.39, 0.29) is 29.8 Å². The van der Waals surface area contributed by atoms with Gasteiger partial charge in [0.2, 0.25) is 0 Å². The minimum atomic E-state index is -0.523. The van der Waals surface area contributed by atoms with Crippen molar-refractivity contribution in [3.05, 3.63) is 28.8 Å². The molecule has 0 bridgehead atoms. The highest BCUT2D eigenvalue weighted by Gasteiger charge is 2.35. The van der Waals surface area contributed by atoms with Crippen LogP contribution in [0.15, 0.2) is 18.2 Å². The van der Waals surface area contributed by atoms with Crippen LogP contribution in [-0.2, 0) is 0 Å². The van der Waals surface area contributed by atoms with Crippen molar-refractivity contribution in [1.29, 1.82) is 0 Å². The molecule has 20 heavy (non-hydrogen) atoms. The van der Waals surface area contributed by atoms with E-state index in [2.05, 4.69) is 0 Å². The number of carbonyl (C=O) groups is 1. The maximum Gasteiger partial charge on any atom is 0.258 e. The lowest BCUT2D eigenvalue weighted by molar-refractivity contribution is 0.0696. The van der Waals surface area contributed by atoms with Crippen LogP contribution < -0.4 is 0 Å². The molecular formula is C14H19ClN2O3. The molecule has 1 fully saturated rings. The van der Waals surface area contributed by atoms with Gasteiger partial charge >= 0.3 is 0 Å². The zero-order valence-corrected chi connectivity index (χ0v) is 12.3. The second-order valence-electron chi connectivity index (χ2n) is 5.42. The lowest BCUT2D eigenvalue weighted by Gasteiger charge is -2.27. The number of aromatic hydroxyl groups is 1. The standard InChI is InChI=1S/C14H19ClN2O3/c1-16(2)7-10-6-11(18)8-17(10)14(20)12-5-9(15)3-4-13(12)19/h3-5,10-11,18-19H,6-8H2,1-2H3. The minimum absolute atomic E-state index is 0.0640. The Morgan fingerprint density at radius 3 is 2.85 bits per heavy atom. The van der Waals surface area contributed by atoms with Crippen LogP contribution >= 0.6 is 11.6 Å². The number of phenolic OH excluding ortho intramolecular Hbond substituents is 1. The van der Waals surface area contributed by atoms with E-state index in [1.165, 1.54) is 18.2 Å². The fourth-order valence-electron chi connectivity index (χ4n) is 2.57. The molecule has 0 radical (unpaired) electrons. The Bertz CT molecular complexity index is 507. The van der Waals surface area contributed by atoms with Gasteiger partial charge in [0, 0.05) is 24.2 Å². The predicted octanol–water partition coefficient (Wildman–Crippen LogP) is 1.18. The summed E-state index contributed by atoms with van der Waals surface area (Å²) >= 11 is 5.88. The third-order valence-corrected chi connectivity index (χ3v) is 3.65. The summed E-state index contributed by atoms with van der Waals surface area (Å²) in [5, 5.41) is 20.0. The molecule has 1 saturated heterocycles. The Balaban J connectivity index is 2.24. The molecule has 0 saturated carbocycles. The second-order valence-corrected chi connectivity index (χ2v) is 5.86. The number of hydrogen-bond acceptors (Lipinski definition) is 4. The third kappa shape index (κ3) is 3.23. The van der Waals surface area contributed by atoms with Gasteiger partial charge in [-0.2, -0.15) is 0 Å². The average molecular weight is 299 g/mol. The van der Waals surface area contributed by atoms with Crippen molar-refractivity contribution < 1.29 is 15.0 Å². The summed E-state index contributed by atoms with van der Waals surface area (Å²) in [6, 6.07) is 4.33. The summed E-state index contributed by atoms with van der Waals surface area (Å²) in [5.41, 5.74) is 0.176. The molecule has 1 aliphatic heterocycles. The first kappa shape index (κ1) is 15.1. The summed E-state index contributed by atoms with van der Waals surface area (Å²) in [7, 11) is 3.84. The zero-order valence-electron chi connectivity index (χ0n) is 11.6. The number of likely N-dealkylation sites (tertiary alicyclic amines) is 1. The predicted molar refractivity (Wildman–Crippen MR) is 77.1 cm³/mol. The molecule has 2 rings (SSSR count). The molecule has 0 aromatic heterocycles. The SMILES string of the molecule is CN(C)CC1CC(O)CN1C(=O)c1cc(Cl)ccc1O. The number of nitrogens with zero attached hydrogens (tertiary/aromatic N) is 2. The van der Waals surface area contributed by atoms with E-state index in [9.17, 15) is 15.0 Å². The quantitative estimate of drug-likeness (QED) is 0.880. The first-order valence-electron chi connectivity index (χ1n) is 6.50. The number of amides is 1. The molecule has 0 aliphatic carbocycles. The van der Waals surface area contributed by atoms with Crippen molar-refractivity contribution in [2.75, 3.05) is 27.2 Å². The number of rotatable bonds is 3. The molecule has 2 atom stereocenters. The monoisotopic (exact) mass is 298 g/mol. The molecule has 1 aliphatic rings. The maximum absolute atomic E-state index is 12.5. The highest BCUT2D eigenvalue weighted by atomic mass is 35.5. The number of halogens is 1. The number of phenols is 1. The molecule has 5 nitrogen and oxygen atoms in total. The van der Waals surface area contributed by atoms with E-state index >= 15 is 0 Å². The molecule has 2 N–H and O–H groups in total. The van der Waals surface area contributed by atoms with Crippen molar-refractivity contribution >= 4 is 17.5 Å². The van der Waals surface area contributed by atoms with Crippen molar-refractivity contribution in [3.63, 3.8) is 0 Å². The van der Waals surface area contributed by atoms with E-state index in [1.807, 2.05) is 19.0 Å². The fraction of sp³-hybridized carbons (Fsp3) is 0.500. The third-order valence-electron chi connectivity index (χ3n) is 3.42. The number of aliphatic hydroxyl groups excluding tert-OH is 1. The Hall–Kier alpha value is -1.30. The number of carbonyl (C=O) groups excluding carboxylic acids is 1. The van der Waals surface area contributed by atoms with Gasteiger partial charge in [-0.3, -0.25) is 4.79 Å². The molecule has 6 heteroatoms. The van der Waals surface area contributed by atoms with E-state index < -0.39 is 6.10 Å². The van der Waals surface area contributed by atoms with Crippen molar-refractivity contribution in [1.82, 2.24) is 9.80 Å². The summed E-state index contributed by atoms with van der Waals surface area (Å²) < 4.78 is 0. The summed E-state index contributed by atoms with van der Waals surface area (Å²) in [6.07, 6.45) is 0.0239. The second kappa shape index (κ2) is 5.99. The first-order chi connectivity index (χ1) is 9.38. The van der Waals surface area contributed by atoms with Gasteiger partial charge in [0.25, 0.3) is 5.91 Å². The van der Waals surface area contributed by atoms with Crippen LogP contribution in [0.3, 0.4) is 0 Å². The van der Waals surface area contributed by atoms with E-state index in [4.69, 9.17) is 11.6 Å². The Morgan fingerprint density at radius 2 is 2.20 bits per heavy atom. The fourth-order valence-corrected chi connectivity index (χ4v) is 2.74. The molecule has 1 heterocycles. The maximum atomic E-state index is 12.5. The van der Waals surface area contributed by atoms with Crippen molar-refractivity contribution in [2.24, 2.45) is 0 Å². The molecule has 1 aromatic carbocycles. The summed E-state index contributed by atoms with van der Waals surface area (Å²) in [5.74, 6) is -0.391. The Labute approximate surface area is 123 Å². The lowest BCUT2D eigenvalue weighted by Crippen LogP contribution is -2.41. The van der Waals surface area contributed by atoms with Gasteiger partial charge in [0.15, 0.2) is 0 Å². The lowest BCUT2D eigenvalue weighted by atomic mass is 10.1. The van der Waals surface area contributed by atoms with Crippen molar-refractivity contribution in [3.8, 4) is 5.75 Å². The first-order valence-corrected chi connectivity index (χ1v) is 6.88. The molecule has 110 valence electrons. The number of benzene rings is 1. The normalized spacial score (nSPS) is 22.6. The van der Waals surface area contributed by atoms with Gasteiger partial charge < -0.3 is 20.0 Å². The summed E-state index contributed by atoms with van der Waals surface area (Å²) in [4.78, 5) is 16.1. The van der Waals surface area contributed by atoms with Crippen LogP contribution in [0.2, 0.25) is 5.02 Å². The highest BCUT2D eigenvalue weighted by molar-refractivity contribution is 6.31. The smallest absolute Gasteiger partial charge is 0.258 e. The molecular weight excluding hydrogens is 280 g/mol. The Kier molecular flexibility index (Phi) is 4.52. The van der Waals surface area contributed by atoms with Gasteiger partial charge in [-0.1, -0.05) is 11.6 Å². The number of aliphatic hydroxyl groups is 1. The number of hydrogen-bond donors (Lipinski definition) is 2. The average Bonchev–Trinajstić information content (AvgIpc) is 2.71. The van der Waals surface area contributed by atoms with Gasteiger partial charge in [-0.25, -0.2) is 0 Å². The number of β-amino-alcohol motifs (C(OH)–C–C–N with tert-alkyl or cyclic N) is 1. The van der Waals surface area contributed by atoms with Crippen LogP contribution in [-0.4, -0.2) is 65.3 Å². The highest BCUT2D eigenvalue weighted by Crippen LogP contribution is 2.27. The van der Waals surface area contributed by atoms with E-state index in [0.29, 0.717) is 18.0 Å². The zero-order chi connectivity index (χ0) is 14.9. The molecule has 1 amide bonds. The number of likely N-dealkylation sites (N-methyl/N-ethyl adjacent to an activating group) is 1.